The Kier molecular flexibility index (Phi) is 3.22. The van der Waals surface area contributed by atoms with Crippen molar-refractivity contribution >= 4 is 11.9 Å². The molecule has 0 fully saturated rings. The Morgan fingerprint density at radius 1 is 1.50 bits per heavy atom. The summed E-state index contributed by atoms with van der Waals surface area (Å²) in [6, 6.07) is 1.78. The summed E-state index contributed by atoms with van der Waals surface area (Å²) in [4.78, 5) is 19.5. The maximum absolute atomic E-state index is 11.0. The average molecular weight is 246 g/mol. The molecule has 0 aliphatic heterocycles. The minimum Gasteiger partial charge on any atom is -0.366 e. The predicted octanol–water partition coefficient (Wildman–Crippen LogP) is 0.501. The van der Waals surface area contributed by atoms with Gasteiger partial charge >= 0.3 is 0 Å². The fraction of sp³-hybridized carbons (Fsp3) is 0.273. The van der Waals surface area contributed by atoms with Crippen LogP contribution in [0, 0.1) is 6.92 Å². The Morgan fingerprint density at radius 2 is 2.28 bits per heavy atom. The van der Waals surface area contributed by atoms with E-state index in [0.29, 0.717) is 17.3 Å². The molecule has 2 heterocycles. The predicted molar refractivity (Wildman–Crippen MR) is 66.6 cm³/mol. The molecular weight excluding hydrogens is 232 g/mol. The zero-order valence-electron chi connectivity index (χ0n) is 10.2. The normalized spacial score (nSPS) is 10.3. The van der Waals surface area contributed by atoms with E-state index in [1.54, 1.807) is 12.3 Å². The molecule has 0 radical (unpaired) electrons. The highest BCUT2D eigenvalue weighted by Gasteiger charge is 2.08. The van der Waals surface area contributed by atoms with Crippen LogP contribution in [0.2, 0.25) is 0 Å². The Labute approximate surface area is 104 Å². The summed E-state index contributed by atoms with van der Waals surface area (Å²) in [6.45, 7) is 4.56. The fourth-order valence-electron chi connectivity index (χ4n) is 1.48. The van der Waals surface area contributed by atoms with Crippen molar-refractivity contribution in [3.05, 3.63) is 29.7 Å². The molecule has 7 nitrogen and oxygen atoms in total. The van der Waals surface area contributed by atoms with Crippen molar-refractivity contribution in [3.63, 3.8) is 0 Å². The SMILES string of the molecule is CCNc1nc(C)cc(-n2cc(C(N)=O)cn2)n1. The largest absolute Gasteiger partial charge is 0.366 e. The first kappa shape index (κ1) is 12.0. The zero-order valence-corrected chi connectivity index (χ0v) is 10.2. The summed E-state index contributed by atoms with van der Waals surface area (Å²) in [5.41, 5.74) is 6.33. The van der Waals surface area contributed by atoms with Crippen LogP contribution >= 0.6 is 0 Å². The van der Waals surface area contributed by atoms with Crippen molar-refractivity contribution in [2.45, 2.75) is 13.8 Å². The molecule has 0 aliphatic carbocycles. The third-order valence-corrected chi connectivity index (χ3v) is 2.28. The molecule has 2 aromatic rings. The number of hydrogen-bond acceptors (Lipinski definition) is 5. The number of rotatable bonds is 4. The molecule has 0 bridgehead atoms. The fourth-order valence-corrected chi connectivity index (χ4v) is 1.48. The van der Waals surface area contributed by atoms with Crippen LogP contribution in [-0.2, 0) is 0 Å². The molecule has 7 heteroatoms. The van der Waals surface area contributed by atoms with Gasteiger partial charge in [0.15, 0.2) is 5.82 Å². The van der Waals surface area contributed by atoms with E-state index in [2.05, 4.69) is 20.4 Å². The van der Waals surface area contributed by atoms with Crippen LogP contribution in [0.3, 0.4) is 0 Å². The molecule has 0 aliphatic rings. The lowest BCUT2D eigenvalue weighted by Crippen LogP contribution is -2.10. The maximum atomic E-state index is 11.0. The van der Waals surface area contributed by atoms with E-state index in [1.807, 2.05) is 13.8 Å². The number of nitrogens with zero attached hydrogens (tertiary/aromatic N) is 4. The molecular formula is C11H14N6O. The molecule has 0 spiro atoms. The van der Waals surface area contributed by atoms with Gasteiger partial charge in [0, 0.05) is 24.5 Å². The third-order valence-electron chi connectivity index (χ3n) is 2.28. The van der Waals surface area contributed by atoms with Gasteiger partial charge < -0.3 is 11.1 Å². The Hall–Kier alpha value is -2.44. The van der Waals surface area contributed by atoms with Crippen molar-refractivity contribution in [1.29, 1.82) is 0 Å². The molecule has 18 heavy (non-hydrogen) atoms. The van der Waals surface area contributed by atoms with Gasteiger partial charge in [-0.3, -0.25) is 4.79 Å². The first-order valence-corrected chi connectivity index (χ1v) is 5.54. The van der Waals surface area contributed by atoms with Crippen LogP contribution < -0.4 is 11.1 Å². The van der Waals surface area contributed by atoms with Crippen molar-refractivity contribution in [2.24, 2.45) is 5.73 Å². The summed E-state index contributed by atoms with van der Waals surface area (Å²) in [5, 5.41) is 7.08. The van der Waals surface area contributed by atoms with Gasteiger partial charge in [-0.25, -0.2) is 9.67 Å². The van der Waals surface area contributed by atoms with Crippen molar-refractivity contribution < 1.29 is 4.79 Å². The summed E-state index contributed by atoms with van der Waals surface area (Å²) < 4.78 is 1.50. The number of nitrogens with two attached hydrogens (primary N) is 1. The first-order chi connectivity index (χ1) is 8.60. The van der Waals surface area contributed by atoms with E-state index >= 15 is 0 Å². The molecule has 94 valence electrons. The first-order valence-electron chi connectivity index (χ1n) is 5.54. The minimum absolute atomic E-state index is 0.344. The second-order valence-electron chi connectivity index (χ2n) is 3.76. The van der Waals surface area contributed by atoms with Crippen molar-refractivity contribution in [3.8, 4) is 5.82 Å². The van der Waals surface area contributed by atoms with Crippen LogP contribution in [0.4, 0.5) is 5.95 Å². The highest BCUT2D eigenvalue weighted by molar-refractivity contribution is 5.92. The van der Waals surface area contributed by atoms with Crippen LogP contribution in [0.1, 0.15) is 23.0 Å². The van der Waals surface area contributed by atoms with E-state index in [0.717, 1.165) is 12.2 Å². The van der Waals surface area contributed by atoms with E-state index < -0.39 is 5.91 Å². The van der Waals surface area contributed by atoms with Gasteiger partial charge in [0.25, 0.3) is 5.91 Å². The number of aromatic nitrogens is 4. The van der Waals surface area contributed by atoms with Crippen LogP contribution in [0.25, 0.3) is 5.82 Å². The van der Waals surface area contributed by atoms with Gasteiger partial charge in [0.1, 0.15) is 0 Å². The lowest BCUT2D eigenvalue weighted by atomic mass is 10.3. The van der Waals surface area contributed by atoms with Crippen LogP contribution in [0.5, 0.6) is 0 Å². The second kappa shape index (κ2) is 4.82. The summed E-state index contributed by atoms with van der Waals surface area (Å²) in [6.07, 6.45) is 2.95. The molecule has 2 aromatic heterocycles. The minimum atomic E-state index is -0.515. The lowest BCUT2D eigenvalue weighted by molar-refractivity contribution is 0.100. The van der Waals surface area contributed by atoms with Gasteiger partial charge in [-0.2, -0.15) is 10.1 Å². The molecule has 2 rings (SSSR count). The third kappa shape index (κ3) is 2.45. The number of anilines is 1. The smallest absolute Gasteiger partial charge is 0.251 e. The summed E-state index contributed by atoms with van der Waals surface area (Å²) >= 11 is 0. The number of nitrogens with one attached hydrogen (secondary N) is 1. The van der Waals surface area contributed by atoms with Crippen LogP contribution in [0.15, 0.2) is 18.5 Å². The number of aryl methyl sites for hydroxylation is 1. The molecule has 0 aromatic carbocycles. The molecule has 0 saturated carbocycles. The van der Waals surface area contributed by atoms with Gasteiger partial charge in [0.05, 0.1) is 11.8 Å². The van der Waals surface area contributed by atoms with Gasteiger partial charge in [-0.1, -0.05) is 0 Å². The molecule has 0 atom stereocenters. The van der Waals surface area contributed by atoms with Gasteiger partial charge in [-0.15, -0.1) is 0 Å². The van der Waals surface area contributed by atoms with E-state index in [1.165, 1.54) is 10.9 Å². The molecule has 3 N–H and O–H groups in total. The average Bonchev–Trinajstić information content (AvgIpc) is 2.78. The molecule has 0 saturated heterocycles. The Bertz CT molecular complexity index is 577. The summed E-state index contributed by atoms with van der Waals surface area (Å²) in [5.74, 6) is 0.605. The van der Waals surface area contributed by atoms with Gasteiger partial charge in [0.2, 0.25) is 5.95 Å². The van der Waals surface area contributed by atoms with Crippen LogP contribution in [-0.4, -0.2) is 32.2 Å². The number of primary amides is 1. The molecule has 0 unspecified atom stereocenters. The maximum Gasteiger partial charge on any atom is 0.251 e. The Balaban J connectivity index is 2.39. The second-order valence-corrected chi connectivity index (χ2v) is 3.76. The Morgan fingerprint density at radius 3 is 2.89 bits per heavy atom. The van der Waals surface area contributed by atoms with E-state index in [9.17, 15) is 4.79 Å². The van der Waals surface area contributed by atoms with Crippen molar-refractivity contribution in [1.82, 2.24) is 19.7 Å². The van der Waals surface area contributed by atoms with E-state index in [-0.39, 0.29) is 0 Å². The van der Waals surface area contributed by atoms with E-state index in [4.69, 9.17) is 5.73 Å². The highest BCUT2D eigenvalue weighted by Crippen LogP contribution is 2.10. The number of carbonyl (C=O) groups excluding carboxylic acids is 1. The highest BCUT2D eigenvalue weighted by atomic mass is 16.1. The number of carbonyl (C=O) groups is 1. The molecule has 1 amide bonds. The monoisotopic (exact) mass is 246 g/mol. The number of amides is 1. The summed E-state index contributed by atoms with van der Waals surface area (Å²) in [7, 11) is 0. The zero-order chi connectivity index (χ0) is 13.1. The van der Waals surface area contributed by atoms with Gasteiger partial charge in [-0.05, 0) is 13.8 Å². The lowest BCUT2D eigenvalue weighted by Gasteiger charge is -2.06. The van der Waals surface area contributed by atoms with Crippen molar-refractivity contribution in [2.75, 3.05) is 11.9 Å². The quantitative estimate of drug-likeness (QED) is 0.818. The standard InChI is InChI=1S/C11H14N6O/c1-3-13-11-15-7(2)4-9(16-11)17-6-8(5-14-17)10(12)18/h4-6H,3H2,1-2H3,(H2,12,18)(H,13,15,16). The topological polar surface area (TPSA) is 98.7 Å². The number of hydrogen-bond donors (Lipinski definition) is 2.